The number of ether oxygens (including phenoxy) is 1. The van der Waals surface area contributed by atoms with Gasteiger partial charge in [0.15, 0.2) is 0 Å². The Balaban J connectivity index is 1.75. The minimum atomic E-state index is -3.00. The van der Waals surface area contributed by atoms with Crippen LogP contribution in [0.15, 0.2) is 0 Å². The van der Waals surface area contributed by atoms with Crippen LogP contribution in [0.2, 0.25) is 0 Å². The van der Waals surface area contributed by atoms with E-state index in [9.17, 15) is 8.42 Å². The molecule has 2 aliphatic rings. The summed E-state index contributed by atoms with van der Waals surface area (Å²) >= 11 is 0. The van der Waals surface area contributed by atoms with E-state index in [2.05, 4.69) is 5.32 Å². The van der Waals surface area contributed by atoms with Crippen molar-refractivity contribution >= 4 is 10.0 Å². The van der Waals surface area contributed by atoms with Crippen LogP contribution >= 0.6 is 0 Å². The van der Waals surface area contributed by atoms with Crippen LogP contribution in [0.3, 0.4) is 0 Å². The Morgan fingerprint density at radius 1 is 1.11 bits per heavy atom. The number of piperidine rings is 1. The Hall–Kier alpha value is -0.170. The van der Waals surface area contributed by atoms with E-state index in [1.165, 1.54) is 0 Å². The van der Waals surface area contributed by atoms with E-state index >= 15 is 0 Å². The number of nitrogens with one attached hydrogen (secondary N) is 1. The van der Waals surface area contributed by atoms with Crippen molar-refractivity contribution in [2.45, 2.75) is 51.1 Å². The highest BCUT2D eigenvalue weighted by atomic mass is 32.2. The van der Waals surface area contributed by atoms with Crippen LogP contribution in [0.5, 0.6) is 0 Å². The van der Waals surface area contributed by atoms with E-state index in [1.807, 2.05) is 6.92 Å². The topological polar surface area (TPSA) is 58.6 Å². The molecule has 0 saturated carbocycles. The summed E-state index contributed by atoms with van der Waals surface area (Å²) in [6, 6.07) is 1.02. The van der Waals surface area contributed by atoms with Gasteiger partial charge in [0.05, 0.1) is 5.75 Å². The lowest BCUT2D eigenvalue weighted by atomic mass is 10.0. The molecule has 2 heterocycles. The normalized spacial score (nSPS) is 24.7. The van der Waals surface area contributed by atoms with Crippen molar-refractivity contribution < 1.29 is 13.2 Å². The molecule has 2 rings (SSSR count). The molecule has 0 aromatic rings. The van der Waals surface area contributed by atoms with Crippen molar-refractivity contribution in [1.29, 1.82) is 0 Å². The zero-order valence-corrected chi connectivity index (χ0v) is 12.6. The molecule has 5 nitrogen and oxygen atoms in total. The molecule has 19 heavy (non-hydrogen) atoms. The predicted octanol–water partition coefficient (Wildman–Crippen LogP) is 0.959. The fourth-order valence-corrected chi connectivity index (χ4v) is 4.43. The molecule has 0 spiro atoms. The van der Waals surface area contributed by atoms with Crippen LogP contribution in [0, 0.1) is 0 Å². The first-order valence-corrected chi connectivity index (χ1v) is 9.04. The molecule has 0 unspecified atom stereocenters. The molecule has 112 valence electrons. The van der Waals surface area contributed by atoms with Crippen molar-refractivity contribution in [1.82, 2.24) is 9.62 Å². The van der Waals surface area contributed by atoms with Gasteiger partial charge in [0.25, 0.3) is 0 Å². The van der Waals surface area contributed by atoms with Crippen LogP contribution in [0.1, 0.15) is 39.0 Å². The Morgan fingerprint density at radius 3 is 2.26 bits per heavy atom. The molecule has 0 aromatic carbocycles. The lowest BCUT2D eigenvalue weighted by Crippen LogP contribution is -2.49. The molecular weight excluding hydrogens is 264 g/mol. The third kappa shape index (κ3) is 4.41. The van der Waals surface area contributed by atoms with Crippen LogP contribution in [0.25, 0.3) is 0 Å². The van der Waals surface area contributed by atoms with Crippen LogP contribution in [-0.2, 0) is 14.8 Å². The maximum absolute atomic E-state index is 12.0. The highest BCUT2D eigenvalue weighted by molar-refractivity contribution is 7.89. The second-order valence-electron chi connectivity index (χ2n) is 5.54. The summed E-state index contributed by atoms with van der Waals surface area (Å²) in [7, 11) is -3.00. The zero-order valence-electron chi connectivity index (χ0n) is 11.8. The molecule has 0 bridgehead atoms. The maximum Gasteiger partial charge on any atom is 0.214 e. The first-order chi connectivity index (χ1) is 9.12. The zero-order chi connectivity index (χ0) is 13.7. The predicted molar refractivity (Wildman–Crippen MR) is 75.6 cm³/mol. The molecule has 0 amide bonds. The summed E-state index contributed by atoms with van der Waals surface area (Å²) < 4.78 is 31.0. The summed E-state index contributed by atoms with van der Waals surface area (Å²) in [5.41, 5.74) is 0. The summed E-state index contributed by atoms with van der Waals surface area (Å²) in [5.74, 6) is 0.283. The van der Waals surface area contributed by atoms with Crippen molar-refractivity contribution in [3.05, 3.63) is 0 Å². The standard InChI is InChI=1S/C13H26N2O3S/c1-2-11-19(16,17)15-7-3-12(4-8-15)14-13-5-9-18-10-6-13/h12-14H,2-11H2,1H3. The fraction of sp³-hybridized carbons (Fsp3) is 1.00. The second-order valence-corrected chi connectivity index (χ2v) is 7.63. The SMILES string of the molecule is CCCS(=O)(=O)N1CCC(NC2CCOCC2)CC1. The number of nitrogens with zero attached hydrogens (tertiary/aromatic N) is 1. The molecule has 2 aliphatic heterocycles. The molecule has 0 aromatic heterocycles. The summed E-state index contributed by atoms with van der Waals surface area (Å²) in [6.07, 6.45) is 4.71. The summed E-state index contributed by atoms with van der Waals surface area (Å²) in [4.78, 5) is 0. The Morgan fingerprint density at radius 2 is 1.68 bits per heavy atom. The first kappa shape index (κ1) is 15.2. The largest absolute Gasteiger partial charge is 0.381 e. The molecule has 2 saturated heterocycles. The van der Waals surface area contributed by atoms with Crippen LogP contribution < -0.4 is 5.32 Å². The molecule has 0 aliphatic carbocycles. The maximum atomic E-state index is 12.0. The number of rotatable bonds is 5. The molecule has 0 radical (unpaired) electrons. The average molecular weight is 290 g/mol. The second kappa shape index (κ2) is 7.02. The van der Waals surface area contributed by atoms with E-state index in [-0.39, 0.29) is 5.75 Å². The third-order valence-corrected chi connectivity index (χ3v) is 6.08. The van der Waals surface area contributed by atoms with Gasteiger partial charge in [-0.1, -0.05) is 6.92 Å². The van der Waals surface area contributed by atoms with E-state index in [0.29, 0.717) is 31.6 Å². The molecule has 2 fully saturated rings. The highest BCUT2D eigenvalue weighted by Crippen LogP contribution is 2.17. The first-order valence-electron chi connectivity index (χ1n) is 7.43. The van der Waals surface area contributed by atoms with Gasteiger partial charge in [-0.15, -0.1) is 0 Å². The number of hydrogen-bond donors (Lipinski definition) is 1. The van der Waals surface area contributed by atoms with Gasteiger partial charge in [-0.3, -0.25) is 0 Å². The fourth-order valence-electron chi connectivity index (χ4n) is 2.89. The van der Waals surface area contributed by atoms with Crippen molar-refractivity contribution in [2.24, 2.45) is 0 Å². The molecule has 1 N–H and O–H groups in total. The quantitative estimate of drug-likeness (QED) is 0.819. The number of sulfonamides is 1. The van der Waals surface area contributed by atoms with Gasteiger partial charge >= 0.3 is 0 Å². The van der Waals surface area contributed by atoms with E-state index in [1.54, 1.807) is 4.31 Å². The Bertz CT molecular complexity index is 358. The van der Waals surface area contributed by atoms with Gasteiger partial charge in [-0.25, -0.2) is 12.7 Å². The third-order valence-electron chi connectivity index (χ3n) is 4.00. The smallest absolute Gasteiger partial charge is 0.214 e. The van der Waals surface area contributed by atoms with Crippen molar-refractivity contribution in [3.63, 3.8) is 0 Å². The average Bonchev–Trinajstić information content (AvgIpc) is 2.40. The van der Waals surface area contributed by atoms with Gasteiger partial charge < -0.3 is 10.1 Å². The molecule has 6 heteroatoms. The number of hydrogen-bond acceptors (Lipinski definition) is 4. The van der Waals surface area contributed by atoms with E-state index in [0.717, 1.165) is 38.9 Å². The summed E-state index contributed by atoms with van der Waals surface area (Å²) in [5, 5.41) is 3.66. The van der Waals surface area contributed by atoms with Gasteiger partial charge in [-0.05, 0) is 32.1 Å². The van der Waals surface area contributed by atoms with Gasteiger partial charge in [0.2, 0.25) is 10.0 Å². The monoisotopic (exact) mass is 290 g/mol. The molecular formula is C13H26N2O3S. The van der Waals surface area contributed by atoms with Crippen LogP contribution in [0.4, 0.5) is 0 Å². The Labute approximate surface area is 116 Å². The van der Waals surface area contributed by atoms with E-state index < -0.39 is 10.0 Å². The van der Waals surface area contributed by atoms with Crippen molar-refractivity contribution in [2.75, 3.05) is 32.1 Å². The minimum absolute atomic E-state index is 0.283. The highest BCUT2D eigenvalue weighted by Gasteiger charge is 2.28. The van der Waals surface area contributed by atoms with Gasteiger partial charge in [0.1, 0.15) is 0 Å². The summed E-state index contributed by atoms with van der Waals surface area (Å²) in [6.45, 7) is 4.95. The van der Waals surface area contributed by atoms with Gasteiger partial charge in [-0.2, -0.15) is 0 Å². The lowest BCUT2D eigenvalue weighted by Gasteiger charge is -2.35. The van der Waals surface area contributed by atoms with Crippen molar-refractivity contribution in [3.8, 4) is 0 Å². The van der Waals surface area contributed by atoms with E-state index in [4.69, 9.17) is 4.74 Å². The van der Waals surface area contributed by atoms with Crippen LogP contribution in [-0.4, -0.2) is 56.9 Å². The Kier molecular flexibility index (Phi) is 5.62. The van der Waals surface area contributed by atoms with Gasteiger partial charge in [0, 0.05) is 38.4 Å². The molecule has 0 atom stereocenters. The minimum Gasteiger partial charge on any atom is -0.381 e. The lowest BCUT2D eigenvalue weighted by molar-refractivity contribution is 0.0725.